The highest BCUT2D eigenvalue weighted by Crippen LogP contribution is 2.29. The Hall–Kier alpha value is -2.10. The van der Waals surface area contributed by atoms with E-state index in [2.05, 4.69) is 0 Å². The van der Waals surface area contributed by atoms with Crippen molar-refractivity contribution < 1.29 is 13.0 Å². The van der Waals surface area contributed by atoms with Crippen molar-refractivity contribution in [2.45, 2.75) is 4.90 Å². The Morgan fingerprint density at radius 1 is 1.24 bits per heavy atom. The summed E-state index contributed by atoms with van der Waals surface area (Å²) in [6.45, 7) is 0. The highest BCUT2D eigenvalue weighted by Gasteiger charge is 2.17. The molecule has 5 nitrogen and oxygen atoms in total. The number of hydrogen-bond acceptors (Lipinski definition) is 4. The second-order valence-electron chi connectivity index (χ2n) is 3.47. The normalized spacial score (nSPS) is 11.3. The Bertz CT molecular complexity index is 745. The summed E-state index contributed by atoms with van der Waals surface area (Å²) in [6, 6.07) is 9.34. The van der Waals surface area contributed by atoms with E-state index in [1.807, 2.05) is 6.07 Å². The lowest BCUT2D eigenvalue weighted by Gasteiger charge is -2.07. The summed E-state index contributed by atoms with van der Waals surface area (Å²) < 4.78 is 31.6. The lowest BCUT2D eigenvalue weighted by molar-refractivity contribution is 0.484. The van der Waals surface area contributed by atoms with E-state index in [-0.39, 0.29) is 21.5 Å². The molecule has 0 radical (unpaired) electrons. The van der Waals surface area contributed by atoms with Crippen molar-refractivity contribution in [1.29, 1.82) is 5.26 Å². The van der Waals surface area contributed by atoms with Crippen LogP contribution in [0.25, 0.3) is 10.8 Å². The summed E-state index contributed by atoms with van der Waals surface area (Å²) in [7, 11) is -4.39. The van der Waals surface area contributed by atoms with Crippen LogP contribution in [0.4, 0.5) is 5.69 Å². The van der Waals surface area contributed by atoms with E-state index < -0.39 is 10.1 Å². The first kappa shape index (κ1) is 11.4. The monoisotopic (exact) mass is 248 g/mol. The minimum atomic E-state index is -4.39. The molecule has 17 heavy (non-hydrogen) atoms. The molecule has 0 spiro atoms. The lowest BCUT2D eigenvalue weighted by Crippen LogP contribution is -2.01. The van der Waals surface area contributed by atoms with Crippen LogP contribution < -0.4 is 5.73 Å². The molecule has 0 aliphatic heterocycles. The van der Waals surface area contributed by atoms with Crippen molar-refractivity contribution >= 4 is 26.6 Å². The van der Waals surface area contributed by atoms with Gasteiger partial charge in [0, 0.05) is 5.39 Å². The van der Waals surface area contributed by atoms with E-state index in [4.69, 9.17) is 15.5 Å². The Kier molecular flexibility index (Phi) is 2.50. The van der Waals surface area contributed by atoms with E-state index in [9.17, 15) is 8.42 Å². The van der Waals surface area contributed by atoms with Gasteiger partial charge in [-0.25, -0.2) is 0 Å². The first-order chi connectivity index (χ1) is 7.95. The van der Waals surface area contributed by atoms with E-state index in [0.717, 1.165) is 0 Å². The summed E-state index contributed by atoms with van der Waals surface area (Å²) in [5, 5.41) is 9.68. The van der Waals surface area contributed by atoms with E-state index in [0.29, 0.717) is 5.39 Å². The average molecular weight is 248 g/mol. The van der Waals surface area contributed by atoms with Gasteiger partial charge >= 0.3 is 0 Å². The molecular formula is C11H8N2O3S. The Balaban J connectivity index is 3.08. The number of nitrogens with zero attached hydrogens (tertiary/aromatic N) is 1. The molecule has 0 heterocycles. The quantitative estimate of drug-likeness (QED) is 0.588. The van der Waals surface area contributed by atoms with E-state index in [1.54, 1.807) is 12.1 Å². The third kappa shape index (κ3) is 1.82. The largest absolute Gasteiger partial charge is 0.398 e. The number of benzene rings is 2. The zero-order valence-corrected chi connectivity index (χ0v) is 9.40. The van der Waals surface area contributed by atoms with Gasteiger partial charge in [0.1, 0.15) is 11.0 Å². The number of hydrogen-bond donors (Lipinski definition) is 2. The second-order valence-corrected chi connectivity index (χ2v) is 4.86. The fourth-order valence-corrected chi connectivity index (χ4v) is 2.43. The second kappa shape index (κ2) is 3.73. The molecule has 0 bridgehead atoms. The third-order valence-electron chi connectivity index (χ3n) is 2.43. The zero-order valence-electron chi connectivity index (χ0n) is 8.58. The standard InChI is InChI=1S/C11H8N2O3S/c12-6-8-9(13)5-4-7-2-1-3-10(11(7)8)17(14,15)16/h1-5H,13H2,(H,14,15,16). The minimum absolute atomic E-state index is 0.0516. The third-order valence-corrected chi connectivity index (χ3v) is 3.33. The summed E-state index contributed by atoms with van der Waals surface area (Å²) in [5.41, 5.74) is 5.84. The Morgan fingerprint density at radius 3 is 2.53 bits per heavy atom. The molecule has 0 aliphatic carbocycles. The van der Waals surface area contributed by atoms with Crippen LogP contribution in [0, 0.1) is 11.3 Å². The number of fused-ring (bicyclic) bond motifs is 1. The van der Waals surface area contributed by atoms with Crippen LogP contribution >= 0.6 is 0 Å². The van der Waals surface area contributed by atoms with Crippen molar-refractivity contribution in [2.24, 2.45) is 0 Å². The smallest absolute Gasteiger partial charge is 0.295 e. The predicted octanol–water partition coefficient (Wildman–Crippen LogP) is 1.54. The van der Waals surface area contributed by atoms with Crippen molar-refractivity contribution in [2.75, 3.05) is 5.73 Å². The lowest BCUT2D eigenvalue weighted by atomic mass is 10.0. The van der Waals surface area contributed by atoms with Crippen molar-refractivity contribution in [3.8, 4) is 6.07 Å². The van der Waals surface area contributed by atoms with Crippen molar-refractivity contribution in [3.63, 3.8) is 0 Å². The molecule has 0 saturated carbocycles. The molecule has 0 fully saturated rings. The van der Waals surface area contributed by atoms with Gasteiger partial charge in [-0.3, -0.25) is 4.55 Å². The van der Waals surface area contributed by atoms with Gasteiger partial charge in [0.15, 0.2) is 0 Å². The summed E-state index contributed by atoms with van der Waals surface area (Å²) in [6.07, 6.45) is 0. The van der Waals surface area contributed by atoms with Gasteiger partial charge < -0.3 is 5.73 Å². The summed E-state index contributed by atoms with van der Waals surface area (Å²) >= 11 is 0. The van der Waals surface area contributed by atoms with E-state index in [1.165, 1.54) is 18.2 Å². The Labute approximate surface area is 97.8 Å². The maximum atomic E-state index is 11.2. The number of nitriles is 1. The first-order valence-corrected chi connectivity index (χ1v) is 6.08. The highest BCUT2D eigenvalue weighted by molar-refractivity contribution is 7.86. The van der Waals surface area contributed by atoms with Crippen LogP contribution in [-0.2, 0) is 10.1 Å². The van der Waals surface area contributed by atoms with Crippen LogP contribution in [0.2, 0.25) is 0 Å². The van der Waals surface area contributed by atoms with Gasteiger partial charge in [0.25, 0.3) is 10.1 Å². The van der Waals surface area contributed by atoms with Gasteiger partial charge in [0.05, 0.1) is 11.3 Å². The van der Waals surface area contributed by atoms with Gasteiger partial charge in [-0.05, 0) is 17.5 Å². The first-order valence-electron chi connectivity index (χ1n) is 4.64. The molecule has 2 aromatic rings. The van der Waals surface area contributed by atoms with E-state index >= 15 is 0 Å². The highest BCUT2D eigenvalue weighted by atomic mass is 32.2. The molecule has 6 heteroatoms. The van der Waals surface area contributed by atoms with Crippen LogP contribution in [0.3, 0.4) is 0 Å². The minimum Gasteiger partial charge on any atom is -0.398 e. The Morgan fingerprint density at radius 2 is 1.94 bits per heavy atom. The van der Waals surface area contributed by atoms with Crippen LogP contribution in [0.15, 0.2) is 35.2 Å². The van der Waals surface area contributed by atoms with Crippen LogP contribution in [-0.4, -0.2) is 13.0 Å². The average Bonchev–Trinajstić information content (AvgIpc) is 2.27. The topological polar surface area (TPSA) is 104 Å². The molecule has 2 rings (SSSR count). The molecule has 0 saturated heterocycles. The summed E-state index contributed by atoms with van der Waals surface area (Å²) in [4.78, 5) is -0.307. The molecular weight excluding hydrogens is 240 g/mol. The fourth-order valence-electron chi connectivity index (χ4n) is 1.70. The van der Waals surface area contributed by atoms with Gasteiger partial charge in [-0.2, -0.15) is 13.7 Å². The maximum absolute atomic E-state index is 11.2. The zero-order chi connectivity index (χ0) is 12.6. The number of anilines is 1. The molecule has 0 unspecified atom stereocenters. The molecule has 0 amide bonds. The fraction of sp³-hybridized carbons (Fsp3) is 0. The number of rotatable bonds is 1. The molecule has 0 atom stereocenters. The predicted molar refractivity (Wildman–Crippen MR) is 62.9 cm³/mol. The van der Waals surface area contributed by atoms with Gasteiger partial charge in [-0.15, -0.1) is 0 Å². The summed E-state index contributed by atoms with van der Waals surface area (Å²) in [5.74, 6) is 0. The van der Waals surface area contributed by atoms with Gasteiger partial charge in [0.2, 0.25) is 0 Å². The number of nitrogens with two attached hydrogens (primary N) is 1. The van der Waals surface area contributed by atoms with Crippen molar-refractivity contribution in [3.05, 3.63) is 35.9 Å². The van der Waals surface area contributed by atoms with Crippen LogP contribution in [0.1, 0.15) is 5.56 Å². The molecule has 0 aromatic heterocycles. The van der Waals surface area contributed by atoms with Crippen LogP contribution in [0.5, 0.6) is 0 Å². The SMILES string of the molecule is N#Cc1c(N)ccc2cccc(S(=O)(=O)O)c12. The molecule has 2 aromatic carbocycles. The molecule has 0 aliphatic rings. The number of nitrogen functional groups attached to an aromatic ring is 1. The maximum Gasteiger partial charge on any atom is 0.295 e. The molecule has 3 N–H and O–H groups in total. The molecule has 86 valence electrons. The van der Waals surface area contributed by atoms with Gasteiger partial charge in [-0.1, -0.05) is 18.2 Å². The van der Waals surface area contributed by atoms with Crippen molar-refractivity contribution in [1.82, 2.24) is 0 Å².